The average molecular weight is 292 g/mol. The Labute approximate surface area is 136 Å². The van der Waals surface area contributed by atoms with Crippen LogP contribution in [0.5, 0.6) is 0 Å². The second-order valence-corrected chi connectivity index (χ2v) is 4.50. The van der Waals surface area contributed by atoms with Gasteiger partial charge >= 0.3 is 0 Å². The first kappa shape index (κ1) is 19.7. The van der Waals surface area contributed by atoms with Gasteiger partial charge in [-0.15, -0.1) is 0 Å². The first-order valence-electron chi connectivity index (χ1n) is 7.86. The van der Waals surface area contributed by atoms with Gasteiger partial charge < -0.3 is 0 Å². The summed E-state index contributed by atoms with van der Waals surface area (Å²) in [5.74, 6) is 0. The van der Waals surface area contributed by atoms with Crippen molar-refractivity contribution in [2.24, 2.45) is 0 Å². The van der Waals surface area contributed by atoms with E-state index in [2.05, 4.69) is 31.7 Å². The third-order valence-corrected chi connectivity index (χ3v) is 2.55. The first-order chi connectivity index (χ1) is 10.9. The molecule has 0 rings (SSSR count). The molecule has 0 aliphatic carbocycles. The number of allylic oxidation sites excluding steroid dienone is 17. The highest BCUT2D eigenvalue weighted by Gasteiger charge is 1.74. The SMILES string of the molecule is C=C/C=C/C=C/C=C/C=C/C=C/C=C/C=C/C=C/CCCC. The van der Waals surface area contributed by atoms with E-state index in [1.165, 1.54) is 19.3 Å². The summed E-state index contributed by atoms with van der Waals surface area (Å²) in [5.41, 5.74) is 0. The van der Waals surface area contributed by atoms with E-state index < -0.39 is 0 Å². The first-order valence-corrected chi connectivity index (χ1v) is 7.86. The monoisotopic (exact) mass is 292 g/mol. The van der Waals surface area contributed by atoms with Gasteiger partial charge in [-0.05, 0) is 6.42 Å². The molecule has 0 nitrogen and oxygen atoms in total. The van der Waals surface area contributed by atoms with Crippen LogP contribution in [0.15, 0.2) is 110 Å². The van der Waals surface area contributed by atoms with Crippen LogP contribution in [0.25, 0.3) is 0 Å². The molecule has 0 unspecified atom stereocenters. The largest absolute Gasteiger partial charge is 0.0991 e. The van der Waals surface area contributed by atoms with Crippen LogP contribution in [0.4, 0.5) is 0 Å². The van der Waals surface area contributed by atoms with Gasteiger partial charge in [-0.2, -0.15) is 0 Å². The van der Waals surface area contributed by atoms with Crippen molar-refractivity contribution >= 4 is 0 Å². The third-order valence-electron chi connectivity index (χ3n) is 2.55. The predicted octanol–water partition coefficient (Wildman–Crippen LogP) is 6.81. The topological polar surface area (TPSA) is 0 Å². The van der Waals surface area contributed by atoms with E-state index in [0.717, 1.165) is 0 Å². The minimum absolute atomic E-state index is 1.17. The fraction of sp³-hybridized carbons (Fsp3) is 0.182. The Hall–Kier alpha value is -2.34. The fourth-order valence-corrected chi connectivity index (χ4v) is 1.41. The molecule has 0 fully saturated rings. The molecule has 0 aromatic carbocycles. The van der Waals surface area contributed by atoms with Crippen molar-refractivity contribution in [2.75, 3.05) is 0 Å². The average Bonchev–Trinajstić information content (AvgIpc) is 2.54. The number of rotatable bonds is 11. The van der Waals surface area contributed by atoms with Gasteiger partial charge in [0.25, 0.3) is 0 Å². The van der Waals surface area contributed by atoms with Crippen molar-refractivity contribution in [3.8, 4) is 0 Å². The van der Waals surface area contributed by atoms with Gasteiger partial charge in [-0.1, -0.05) is 130 Å². The highest BCUT2D eigenvalue weighted by atomic mass is 13.8. The summed E-state index contributed by atoms with van der Waals surface area (Å²) in [6, 6.07) is 0. The zero-order valence-electron chi connectivity index (χ0n) is 13.6. The van der Waals surface area contributed by atoms with Crippen LogP contribution in [0.2, 0.25) is 0 Å². The molecule has 0 atom stereocenters. The van der Waals surface area contributed by atoms with E-state index in [4.69, 9.17) is 0 Å². The maximum atomic E-state index is 3.60. The summed E-state index contributed by atoms with van der Waals surface area (Å²) in [7, 11) is 0. The molecule has 0 aliphatic heterocycles. The zero-order valence-corrected chi connectivity index (χ0v) is 13.6. The minimum Gasteiger partial charge on any atom is -0.0991 e. The quantitative estimate of drug-likeness (QED) is 0.290. The lowest BCUT2D eigenvalue weighted by Crippen LogP contribution is -1.64. The third kappa shape index (κ3) is 17.7. The van der Waals surface area contributed by atoms with Crippen molar-refractivity contribution in [2.45, 2.75) is 26.2 Å². The molecule has 116 valence electrons. The molecular formula is C22H28. The minimum atomic E-state index is 1.17. The van der Waals surface area contributed by atoms with Crippen molar-refractivity contribution < 1.29 is 0 Å². The van der Waals surface area contributed by atoms with Crippen LogP contribution in [0, 0.1) is 0 Å². The molecule has 0 heterocycles. The zero-order chi connectivity index (χ0) is 16.1. The molecule has 0 aliphatic rings. The Kier molecular flexibility index (Phi) is 16.7. The van der Waals surface area contributed by atoms with Crippen LogP contribution in [0.3, 0.4) is 0 Å². The molecule has 0 amide bonds. The summed E-state index contributed by atoms with van der Waals surface area (Å²) < 4.78 is 0. The highest BCUT2D eigenvalue weighted by Crippen LogP contribution is 1.95. The van der Waals surface area contributed by atoms with Gasteiger partial charge in [0.1, 0.15) is 0 Å². The lowest BCUT2D eigenvalue weighted by atomic mass is 10.2. The Morgan fingerprint density at radius 1 is 0.545 bits per heavy atom. The molecular weight excluding hydrogens is 264 g/mol. The van der Waals surface area contributed by atoms with Crippen molar-refractivity contribution in [3.63, 3.8) is 0 Å². The highest BCUT2D eigenvalue weighted by molar-refractivity contribution is 5.21. The maximum Gasteiger partial charge on any atom is -0.0348 e. The normalized spacial score (nSPS) is 13.9. The Morgan fingerprint density at radius 2 is 0.909 bits per heavy atom. The molecule has 0 saturated carbocycles. The van der Waals surface area contributed by atoms with Gasteiger partial charge in [-0.25, -0.2) is 0 Å². The summed E-state index contributed by atoms with van der Waals surface area (Å²) in [5, 5.41) is 0. The van der Waals surface area contributed by atoms with Gasteiger partial charge in [0.15, 0.2) is 0 Å². The summed E-state index contributed by atoms with van der Waals surface area (Å²) in [6.45, 7) is 5.81. The second kappa shape index (κ2) is 18.7. The van der Waals surface area contributed by atoms with Crippen molar-refractivity contribution in [1.82, 2.24) is 0 Å². The van der Waals surface area contributed by atoms with Gasteiger partial charge in [-0.3, -0.25) is 0 Å². The summed E-state index contributed by atoms with van der Waals surface area (Å²) in [4.78, 5) is 0. The molecule has 0 aromatic rings. The van der Waals surface area contributed by atoms with E-state index in [1.807, 2.05) is 79.0 Å². The van der Waals surface area contributed by atoms with E-state index in [9.17, 15) is 0 Å². The number of hydrogen-bond donors (Lipinski definition) is 0. The molecule has 0 bridgehead atoms. The van der Waals surface area contributed by atoms with Gasteiger partial charge in [0, 0.05) is 0 Å². The molecule has 0 radical (unpaired) electrons. The predicted molar refractivity (Wildman–Crippen MR) is 103 cm³/mol. The van der Waals surface area contributed by atoms with Crippen molar-refractivity contribution in [1.29, 1.82) is 0 Å². The number of hydrogen-bond acceptors (Lipinski definition) is 0. The van der Waals surface area contributed by atoms with Crippen molar-refractivity contribution in [3.05, 3.63) is 110 Å². The molecule has 0 aromatic heterocycles. The van der Waals surface area contributed by atoms with Crippen LogP contribution >= 0.6 is 0 Å². The Morgan fingerprint density at radius 3 is 1.27 bits per heavy atom. The molecule has 0 heteroatoms. The second-order valence-electron chi connectivity index (χ2n) is 4.50. The lowest BCUT2D eigenvalue weighted by Gasteiger charge is -1.84. The Bertz CT molecular complexity index is 474. The number of unbranched alkanes of at least 4 members (excludes halogenated alkanes) is 2. The van der Waals surface area contributed by atoms with E-state index in [-0.39, 0.29) is 0 Å². The van der Waals surface area contributed by atoms with E-state index in [0.29, 0.717) is 0 Å². The Balaban J connectivity index is 3.80. The standard InChI is InChI=1S/C22H28/c1-3-5-7-9-11-13-15-17-19-21-22-20-18-16-14-12-10-8-6-4-2/h3,5,7,9-22H,1,4,6,8H2,2H3/b7-5+,11-9+,12-10+,15-13+,16-14+,19-17+,20-18+,22-21+. The van der Waals surface area contributed by atoms with Gasteiger partial charge in [0.05, 0.1) is 0 Å². The molecule has 0 saturated heterocycles. The van der Waals surface area contributed by atoms with Crippen LogP contribution in [0.1, 0.15) is 26.2 Å². The fourth-order valence-electron chi connectivity index (χ4n) is 1.41. The van der Waals surface area contributed by atoms with Crippen LogP contribution in [-0.2, 0) is 0 Å². The van der Waals surface area contributed by atoms with Crippen LogP contribution < -0.4 is 0 Å². The summed E-state index contributed by atoms with van der Waals surface area (Å²) >= 11 is 0. The smallest absolute Gasteiger partial charge is 0.0348 e. The van der Waals surface area contributed by atoms with E-state index in [1.54, 1.807) is 6.08 Å². The maximum absolute atomic E-state index is 3.60. The lowest BCUT2D eigenvalue weighted by molar-refractivity contribution is 0.815. The van der Waals surface area contributed by atoms with Crippen LogP contribution in [-0.4, -0.2) is 0 Å². The van der Waals surface area contributed by atoms with E-state index >= 15 is 0 Å². The molecule has 0 N–H and O–H groups in total. The summed E-state index contributed by atoms with van der Waals surface area (Å²) in [6.07, 6.45) is 37.7. The molecule has 22 heavy (non-hydrogen) atoms. The van der Waals surface area contributed by atoms with Gasteiger partial charge in [0.2, 0.25) is 0 Å². The molecule has 0 spiro atoms.